The minimum absolute atomic E-state index is 0.731. The molecule has 0 fully saturated rings. The van der Waals surface area contributed by atoms with Crippen molar-refractivity contribution in [3.8, 4) is 11.4 Å². The highest BCUT2D eigenvalue weighted by Crippen LogP contribution is 2.45. The van der Waals surface area contributed by atoms with Crippen LogP contribution in [-0.4, -0.2) is 20.7 Å². The second-order valence-electron chi connectivity index (χ2n) is 17.3. The zero-order chi connectivity index (χ0) is 43.0. The van der Waals surface area contributed by atoms with Gasteiger partial charge < -0.3 is 9.13 Å². The topological polar surface area (TPSA) is 34.6 Å². The molecule has 3 heterocycles. The van der Waals surface area contributed by atoms with Gasteiger partial charge in [0.25, 0.3) is 0 Å². The molecule has 0 radical (unpaired) electrons. The van der Waals surface area contributed by atoms with E-state index in [4.69, 9.17) is 9.98 Å². The average molecular weight is 831 g/mol. The van der Waals surface area contributed by atoms with Crippen molar-refractivity contribution in [2.45, 2.75) is 19.8 Å². The average Bonchev–Trinajstić information content (AvgIpc) is 3.88. The first-order valence-electron chi connectivity index (χ1n) is 22.5. The van der Waals surface area contributed by atoms with Crippen molar-refractivity contribution < 1.29 is 0 Å². The van der Waals surface area contributed by atoms with Crippen LogP contribution in [-0.2, 0) is 0 Å². The van der Waals surface area contributed by atoms with Gasteiger partial charge in [-0.15, -0.1) is 0 Å². The molecule has 0 unspecified atom stereocenters. The number of hydrogen-bond donors (Lipinski definition) is 0. The zero-order valence-electron chi connectivity index (χ0n) is 35.9. The van der Waals surface area contributed by atoms with Crippen molar-refractivity contribution >= 4 is 93.2 Å². The standard InChI is InChI=1S/C61H42N4/c1-39-27-33-51(62-61(42-17-4-2-5-18-42)63-60(39)46-29-28-40-15-8-9-19-43(40)37-46)45-30-32-48-44(38-45)20-14-26-52(48)65-53-25-13-12-24-50(53)58-55(65)35-36-56-59(58)57-49-23-11-10-16-41(49)31-34-54(57)64(56)47-21-6-3-7-22-47/h2-26,28-32,34-38H,27,33H2,1H3. The van der Waals surface area contributed by atoms with Gasteiger partial charge in [-0.1, -0.05) is 158 Å². The predicted molar refractivity (Wildman–Crippen MR) is 275 cm³/mol. The third kappa shape index (κ3) is 5.98. The van der Waals surface area contributed by atoms with E-state index in [9.17, 15) is 0 Å². The number of nitrogens with zero attached hydrogens (tertiary/aromatic N) is 4. The largest absolute Gasteiger partial charge is 0.309 e. The summed E-state index contributed by atoms with van der Waals surface area (Å²) in [4.78, 5) is 10.8. The lowest BCUT2D eigenvalue weighted by Gasteiger charge is -2.17. The second-order valence-corrected chi connectivity index (χ2v) is 17.3. The van der Waals surface area contributed by atoms with E-state index in [1.165, 1.54) is 81.5 Å². The summed E-state index contributed by atoms with van der Waals surface area (Å²) in [5, 5.41) is 12.4. The first-order chi connectivity index (χ1) is 32.2. The summed E-state index contributed by atoms with van der Waals surface area (Å²) in [5.41, 5.74) is 13.6. The van der Waals surface area contributed by atoms with Crippen LogP contribution in [0.15, 0.2) is 228 Å². The van der Waals surface area contributed by atoms with Crippen LogP contribution < -0.4 is 0 Å². The molecular weight excluding hydrogens is 789 g/mol. The van der Waals surface area contributed by atoms with Crippen LogP contribution in [0.2, 0.25) is 0 Å². The smallest absolute Gasteiger partial charge is 0.160 e. The van der Waals surface area contributed by atoms with Gasteiger partial charge >= 0.3 is 0 Å². The number of amidine groups is 1. The highest BCUT2D eigenvalue weighted by Gasteiger charge is 2.23. The zero-order valence-corrected chi connectivity index (χ0v) is 35.9. The molecule has 306 valence electrons. The molecule has 0 N–H and O–H groups in total. The van der Waals surface area contributed by atoms with Gasteiger partial charge in [-0.2, -0.15) is 0 Å². The Balaban J connectivity index is 0.992. The maximum absolute atomic E-state index is 5.43. The molecule has 12 aromatic rings. The van der Waals surface area contributed by atoms with E-state index in [1.807, 2.05) is 0 Å². The summed E-state index contributed by atoms with van der Waals surface area (Å²) < 4.78 is 4.93. The van der Waals surface area contributed by atoms with Gasteiger partial charge in [0.2, 0.25) is 0 Å². The lowest BCUT2D eigenvalue weighted by molar-refractivity contribution is 1.00. The van der Waals surface area contributed by atoms with Crippen molar-refractivity contribution in [1.82, 2.24) is 9.13 Å². The summed E-state index contributed by atoms with van der Waals surface area (Å²) >= 11 is 0. The molecule has 0 saturated carbocycles. The Labute approximate surface area is 376 Å². The molecule has 0 aliphatic carbocycles. The van der Waals surface area contributed by atoms with E-state index in [1.54, 1.807) is 0 Å². The quantitative estimate of drug-likeness (QED) is 0.166. The lowest BCUT2D eigenvalue weighted by atomic mass is 9.95. The monoisotopic (exact) mass is 830 g/mol. The predicted octanol–water partition coefficient (Wildman–Crippen LogP) is 15.8. The Morgan fingerprint density at radius 1 is 0.369 bits per heavy atom. The van der Waals surface area contributed by atoms with E-state index >= 15 is 0 Å². The maximum atomic E-state index is 5.43. The maximum Gasteiger partial charge on any atom is 0.160 e. The molecular formula is C61H42N4. The highest BCUT2D eigenvalue weighted by molar-refractivity contribution is 6.33. The van der Waals surface area contributed by atoms with E-state index in [0.717, 1.165) is 58.2 Å². The van der Waals surface area contributed by atoms with Gasteiger partial charge in [-0.05, 0) is 112 Å². The highest BCUT2D eigenvalue weighted by atomic mass is 15.0. The molecule has 13 rings (SSSR count). The number of aromatic nitrogens is 2. The third-order valence-corrected chi connectivity index (χ3v) is 13.6. The van der Waals surface area contributed by atoms with Crippen LogP contribution in [0.1, 0.15) is 36.5 Å². The SMILES string of the molecule is CC1=C(c2ccc3ccccc3c2)N=C(c2ccccc2)N=C(c2ccc3c(-n4c5ccccc5c5c6c7c8ccccc8ccc7n(-c7ccccc7)c6ccc54)cccc3c2)CC1. The fourth-order valence-corrected chi connectivity index (χ4v) is 10.5. The van der Waals surface area contributed by atoms with Gasteiger partial charge in [0.1, 0.15) is 0 Å². The number of aliphatic imine (C=N–C) groups is 2. The van der Waals surface area contributed by atoms with Crippen LogP contribution in [0.4, 0.5) is 0 Å². The molecule has 10 aromatic carbocycles. The number of fused-ring (bicyclic) bond motifs is 11. The molecule has 4 nitrogen and oxygen atoms in total. The van der Waals surface area contributed by atoms with E-state index in [2.05, 4.69) is 228 Å². The van der Waals surface area contributed by atoms with Gasteiger partial charge in [0.15, 0.2) is 5.84 Å². The lowest BCUT2D eigenvalue weighted by Crippen LogP contribution is -2.10. The summed E-state index contributed by atoms with van der Waals surface area (Å²) in [6.45, 7) is 2.23. The summed E-state index contributed by atoms with van der Waals surface area (Å²) in [6, 6.07) is 77.0. The number of rotatable bonds is 5. The van der Waals surface area contributed by atoms with Crippen molar-refractivity contribution in [2.24, 2.45) is 9.98 Å². The fraction of sp³-hybridized carbons (Fsp3) is 0.0492. The van der Waals surface area contributed by atoms with Gasteiger partial charge in [0.05, 0.1) is 39.2 Å². The molecule has 65 heavy (non-hydrogen) atoms. The number of hydrogen-bond acceptors (Lipinski definition) is 2. The Morgan fingerprint density at radius 2 is 0.985 bits per heavy atom. The molecule has 0 spiro atoms. The molecule has 1 aliphatic rings. The van der Waals surface area contributed by atoms with E-state index in [0.29, 0.717) is 0 Å². The van der Waals surface area contributed by atoms with Crippen molar-refractivity contribution in [1.29, 1.82) is 0 Å². The molecule has 2 aromatic heterocycles. The van der Waals surface area contributed by atoms with Crippen molar-refractivity contribution in [3.63, 3.8) is 0 Å². The Hall–Kier alpha value is -8.34. The molecule has 4 heteroatoms. The minimum atomic E-state index is 0.731. The van der Waals surface area contributed by atoms with Crippen LogP contribution in [0.3, 0.4) is 0 Å². The molecule has 1 aliphatic heterocycles. The Bertz CT molecular complexity index is 3990. The molecule has 0 atom stereocenters. The molecule has 0 amide bonds. The molecule has 0 bridgehead atoms. The van der Waals surface area contributed by atoms with Gasteiger partial charge in [-0.3, -0.25) is 0 Å². The number of para-hydroxylation sites is 2. The van der Waals surface area contributed by atoms with Crippen LogP contribution in [0.5, 0.6) is 0 Å². The first-order valence-corrected chi connectivity index (χ1v) is 22.5. The molecule has 0 saturated heterocycles. The third-order valence-electron chi connectivity index (χ3n) is 13.6. The summed E-state index contributed by atoms with van der Waals surface area (Å²) in [6.07, 6.45) is 1.66. The number of allylic oxidation sites excluding steroid dienone is 1. The van der Waals surface area contributed by atoms with Gasteiger partial charge in [-0.25, -0.2) is 9.98 Å². The Kier molecular flexibility index (Phi) is 8.53. The first kappa shape index (κ1) is 37.2. The number of benzene rings is 10. The van der Waals surface area contributed by atoms with Crippen LogP contribution in [0.25, 0.3) is 93.0 Å². The Morgan fingerprint density at radius 3 is 1.83 bits per heavy atom. The van der Waals surface area contributed by atoms with E-state index in [-0.39, 0.29) is 0 Å². The van der Waals surface area contributed by atoms with Gasteiger partial charge in [0, 0.05) is 43.7 Å². The normalized spacial score (nSPS) is 13.6. The van der Waals surface area contributed by atoms with Crippen molar-refractivity contribution in [2.75, 3.05) is 0 Å². The van der Waals surface area contributed by atoms with E-state index < -0.39 is 0 Å². The van der Waals surface area contributed by atoms with Crippen LogP contribution in [0, 0.1) is 0 Å². The fourth-order valence-electron chi connectivity index (χ4n) is 10.5. The van der Waals surface area contributed by atoms with Crippen molar-refractivity contribution in [3.05, 3.63) is 235 Å². The van der Waals surface area contributed by atoms with Crippen LogP contribution >= 0.6 is 0 Å². The summed E-state index contributed by atoms with van der Waals surface area (Å²) in [5.74, 6) is 0.731. The summed E-state index contributed by atoms with van der Waals surface area (Å²) in [7, 11) is 0. The second kappa shape index (κ2) is 14.9. The minimum Gasteiger partial charge on any atom is -0.309 e.